The Morgan fingerprint density at radius 3 is 1.50 bits per heavy atom. The summed E-state index contributed by atoms with van der Waals surface area (Å²) in [6.07, 6.45) is 7.00. The van der Waals surface area contributed by atoms with Gasteiger partial charge in [0.1, 0.15) is 22.9 Å². The van der Waals surface area contributed by atoms with Gasteiger partial charge in [0.05, 0.1) is 35.9 Å². The van der Waals surface area contributed by atoms with E-state index in [9.17, 15) is 9.59 Å². The van der Waals surface area contributed by atoms with E-state index in [1.54, 1.807) is 0 Å². The minimum atomic E-state index is -0.549. The normalized spacial score (nSPS) is 27.2. The predicted octanol–water partition coefficient (Wildman–Crippen LogP) is 10.2. The molecule has 2 aliphatic carbocycles. The van der Waals surface area contributed by atoms with E-state index in [2.05, 4.69) is 84.5 Å². The van der Waals surface area contributed by atoms with Crippen molar-refractivity contribution >= 4 is 23.0 Å². The lowest BCUT2D eigenvalue weighted by atomic mass is 9.98. The Labute approximate surface area is 316 Å². The van der Waals surface area contributed by atoms with Crippen LogP contribution in [0, 0.1) is 10.8 Å². The van der Waals surface area contributed by atoms with E-state index in [4.69, 9.17) is 19.4 Å². The highest BCUT2D eigenvalue weighted by molar-refractivity contribution is 5.90. The molecular weight excluding hydrogens is 677 g/mol. The number of likely N-dealkylation sites (tertiary alicyclic amines) is 2. The minimum absolute atomic E-state index is 0.124. The molecule has 9 rings (SSSR count). The number of piperidine rings is 2. The highest BCUT2D eigenvalue weighted by Gasteiger charge is 2.65. The quantitative estimate of drug-likeness (QED) is 0.186. The predicted molar refractivity (Wildman–Crippen MR) is 208 cm³/mol. The molecule has 2 saturated carbocycles. The fraction of sp³-hybridized carbons (Fsp3) is 0.455. The number of aromatic nitrogens is 4. The summed E-state index contributed by atoms with van der Waals surface area (Å²) >= 11 is 0. The number of fused-ring (bicyclic) bond motifs is 3. The van der Waals surface area contributed by atoms with Crippen LogP contribution in [0.25, 0.3) is 44.4 Å². The van der Waals surface area contributed by atoms with Gasteiger partial charge in [0.2, 0.25) is 0 Å². The van der Waals surface area contributed by atoms with Gasteiger partial charge in [-0.2, -0.15) is 0 Å². The van der Waals surface area contributed by atoms with E-state index in [0.29, 0.717) is 0 Å². The van der Waals surface area contributed by atoms with Gasteiger partial charge in [-0.25, -0.2) is 19.6 Å². The molecule has 2 N–H and O–H groups in total. The van der Waals surface area contributed by atoms with Crippen LogP contribution in [-0.4, -0.2) is 65.2 Å². The second-order valence-electron chi connectivity index (χ2n) is 18.7. The summed E-state index contributed by atoms with van der Waals surface area (Å²) in [7, 11) is 0. The van der Waals surface area contributed by atoms with Gasteiger partial charge in [-0.3, -0.25) is 9.80 Å². The minimum Gasteiger partial charge on any atom is -0.444 e. The molecule has 0 spiro atoms. The second-order valence-corrected chi connectivity index (χ2v) is 18.7. The molecule has 0 radical (unpaired) electrons. The Kier molecular flexibility index (Phi) is 7.50. The monoisotopic (exact) mass is 726 g/mol. The van der Waals surface area contributed by atoms with Crippen molar-refractivity contribution in [2.75, 3.05) is 0 Å². The van der Waals surface area contributed by atoms with Crippen LogP contribution in [-0.2, 0) is 9.47 Å². The van der Waals surface area contributed by atoms with Gasteiger partial charge >= 0.3 is 12.2 Å². The molecule has 2 aromatic heterocycles. The van der Waals surface area contributed by atoms with Crippen LogP contribution >= 0.6 is 0 Å². The van der Waals surface area contributed by atoms with E-state index in [-0.39, 0.29) is 47.2 Å². The molecule has 280 valence electrons. The zero-order valence-corrected chi connectivity index (χ0v) is 32.5. The molecule has 2 saturated heterocycles. The topological polar surface area (TPSA) is 116 Å². The molecule has 4 fully saturated rings. The van der Waals surface area contributed by atoms with Crippen LogP contribution in [0.1, 0.15) is 105 Å². The molecule has 6 unspecified atom stereocenters. The third kappa shape index (κ3) is 6.13. The van der Waals surface area contributed by atoms with E-state index in [0.717, 1.165) is 81.7 Å². The highest BCUT2D eigenvalue weighted by atomic mass is 16.6. The van der Waals surface area contributed by atoms with Crippen LogP contribution in [0.5, 0.6) is 0 Å². The maximum absolute atomic E-state index is 13.2. The number of H-pyrrole nitrogens is 2. The average molecular weight is 727 g/mol. The third-order valence-corrected chi connectivity index (χ3v) is 12.0. The Bertz CT molecular complexity index is 2300. The Morgan fingerprint density at radius 1 is 0.611 bits per heavy atom. The number of nitrogens with one attached hydrogen (secondary N) is 2. The number of hydrogen-bond donors (Lipinski definition) is 2. The first kappa shape index (κ1) is 34.6. The summed E-state index contributed by atoms with van der Waals surface area (Å²) in [4.78, 5) is 46.8. The number of carbonyl (C=O) groups excluding carboxylic acids is 2. The second kappa shape index (κ2) is 11.7. The number of nitrogens with zero attached hydrogens (tertiary/aromatic N) is 4. The molecule has 4 heterocycles. The van der Waals surface area contributed by atoms with Crippen LogP contribution in [0.2, 0.25) is 0 Å². The number of hydrogen-bond acceptors (Lipinski definition) is 6. The summed E-state index contributed by atoms with van der Waals surface area (Å²) in [5, 5.41) is 2.29. The number of ether oxygens (including phenoxy) is 2. The fourth-order valence-electron chi connectivity index (χ4n) is 8.92. The lowest BCUT2D eigenvalue weighted by molar-refractivity contribution is 0.0164. The van der Waals surface area contributed by atoms with E-state index >= 15 is 0 Å². The van der Waals surface area contributed by atoms with E-state index in [1.165, 1.54) is 0 Å². The zero-order chi connectivity index (χ0) is 37.9. The number of benzene rings is 3. The Hall–Kier alpha value is -5.12. The van der Waals surface area contributed by atoms with Gasteiger partial charge in [0.25, 0.3) is 0 Å². The van der Waals surface area contributed by atoms with Crippen LogP contribution < -0.4 is 0 Å². The zero-order valence-electron chi connectivity index (χ0n) is 32.5. The summed E-state index contributed by atoms with van der Waals surface area (Å²) in [5.74, 6) is 1.61. The molecule has 6 atom stereocenters. The number of rotatable bonds is 5. The maximum Gasteiger partial charge on any atom is 0.411 e. The lowest BCUT2D eigenvalue weighted by Crippen LogP contribution is -2.38. The average Bonchev–Trinajstić information content (AvgIpc) is 3.57. The molecule has 2 aliphatic heterocycles. The first-order valence-electron chi connectivity index (χ1n) is 19.2. The van der Waals surface area contributed by atoms with E-state index in [1.807, 2.05) is 63.7 Å². The lowest BCUT2D eigenvalue weighted by Gasteiger charge is -2.29. The van der Waals surface area contributed by atoms with Crippen molar-refractivity contribution in [3.05, 3.63) is 84.7 Å². The van der Waals surface area contributed by atoms with Crippen molar-refractivity contribution < 1.29 is 19.1 Å². The molecule has 54 heavy (non-hydrogen) atoms. The molecule has 10 heteroatoms. The summed E-state index contributed by atoms with van der Waals surface area (Å²) in [6, 6.07) is 21.7. The molecule has 5 aromatic rings. The fourth-order valence-corrected chi connectivity index (χ4v) is 8.92. The molecule has 4 aliphatic rings. The summed E-state index contributed by atoms with van der Waals surface area (Å²) in [5.41, 5.74) is 5.36. The number of imidazole rings is 2. The SMILES string of the molecule is CC(C)(C)OC(=O)N1C(c2ncc(-c3ccc(-c4ccc5cc(-c6cnc(C7CC8(C)CC8N7C(=O)OC(C)(C)C)[nH]6)ccc5c4)cc3)[nH]2)CC2(C)CC12. The summed E-state index contributed by atoms with van der Waals surface area (Å²) < 4.78 is 11.6. The van der Waals surface area contributed by atoms with Crippen LogP contribution in [0.15, 0.2) is 73.1 Å². The maximum atomic E-state index is 13.2. The van der Waals surface area contributed by atoms with Crippen molar-refractivity contribution in [1.29, 1.82) is 0 Å². The molecule has 3 aromatic carbocycles. The Morgan fingerprint density at radius 2 is 1.02 bits per heavy atom. The summed E-state index contributed by atoms with van der Waals surface area (Å²) in [6.45, 7) is 16.0. The Balaban J connectivity index is 0.898. The van der Waals surface area contributed by atoms with Crippen LogP contribution in [0.4, 0.5) is 9.59 Å². The third-order valence-electron chi connectivity index (χ3n) is 12.0. The highest BCUT2D eigenvalue weighted by Crippen LogP contribution is 2.64. The van der Waals surface area contributed by atoms with Crippen molar-refractivity contribution in [2.45, 2.75) is 116 Å². The largest absolute Gasteiger partial charge is 0.444 e. The van der Waals surface area contributed by atoms with Crippen molar-refractivity contribution in [3.8, 4) is 33.6 Å². The van der Waals surface area contributed by atoms with Gasteiger partial charge in [0.15, 0.2) is 0 Å². The van der Waals surface area contributed by atoms with Gasteiger partial charge in [-0.1, -0.05) is 62.4 Å². The van der Waals surface area contributed by atoms with Gasteiger partial charge < -0.3 is 19.4 Å². The van der Waals surface area contributed by atoms with Crippen molar-refractivity contribution in [2.24, 2.45) is 10.8 Å². The smallest absolute Gasteiger partial charge is 0.411 e. The number of carbonyl (C=O) groups is 2. The standard InChI is InChI=1S/C44H50N6O4/c1-41(2,3)53-39(51)49-33(19-43(7)21-35(43)49)37-45-23-31(47-37)26-11-9-25(10-12-26)27-13-14-29-18-30(16-15-28(29)17-27)32-24-46-38(48-32)34-20-44(8)22-36(44)50(34)40(52)54-42(4,5)6/h9-18,23-24,33-36H,19-22H2,1-8H3,(H,45,47)(H,46,48). The molecule has 10 nitrogen and oxygen atoms in total. The van der Waals surface area contributed by atoms with Gasteiger partial charge in [-0.15, -0.1) is 0 Å². The number of amides is 2. The molecule has 2 amide bonds. The van der Waals surface area contributed by atoms with Crippen molar-refractivity contribution in [3.63, 3.8) is 0 Å². The first-order valence-corrected chi connectivity index (χ1v) is 19.2. The van der Waals surface area contributed by atoms with Crippen LogP contribution in [0.3, 0.4) is 0 Å². The number of aromatic amines is 2. The van der Waals surface area contributed by atoms with Gasteiger partial charge in [-0.05, 0) is 118 Å². The van der Waals surface area contributed by atoms with Crippen molar-refractivity contribution in [1.82, 2.24) is 29.7 Å². The molecular formula is C44H50N6O4. The molecule has 0 bridgehead atoms. The van der Waals surface area contributed by atoms with Gasteiger partial charge in [0, 0.05) is 17.6 Å². The first-order chi connectivity index (χ1) is 25.5. The van der Waals surface area contributed by atoms with E-state index < -0.39 is 11.2 Å².